The number of rotatable bonds is 6. The van der Waals surface area contributed by atoms with E-state index in [2.05, 4.69) is 45.5 Å². The number of nitrogens with one attached hydrogen (secondary N) is 1. The summed E-state index contributed by atoms with van der Waals surface area (Å²) in [5.74, 6) is 2.37. The van der Waals surface area contributed by atoms with E-state index in [1.165, 1.54) is 0 Å². The maximum Gasteiger partial charge on any atom is 0.228 e. The Hall–Kier alpha value is -3.71. The Balaban J connectivity index is 1.53. The molecule has 0 bridgehead atoms. The maximum absolute atomic E-state index is 5.51. The lowest BCUT2D eigenvalue weighted by Gasteiger charge is -2.27. The molecule has 0 unspecified atom stereocenters. The van der Waals surface area contributed by atoms with E-state index in [1.807, 2.05) is 30.3 Å². The summed E-state index contributed by atoms with van der Waals surface area (Å²) in [7, 11) is 1.68. The van der Waals surface area contributed by atoms with Gasteiger partial charge in [0.15, 0.2) is 0 Å². The van der Waals surface area contributed by atoms with Crippen molar-refractivity contribution in [3.8, 4) is 16.9 Å². The van der Waals surface area contributed by atoms with Gasteiger partial charge < -0.3 is 19.7 Å². The molecule has 1 N–H and O–H groups in total. The molecule has 162 valence electrons. The normalized spacial score (nSPS) is 13.8. The molecule has 3 heterocycles. The predicted molar refractivity (Wildman–Crippen MR) is 126 cm³/mol. The highest BCUT2D eigenvalue weighted by atomic mass is 16.5. The zero-order valence-corrected chi connectivity index (χ0v) is 18.0. The van der Waals surface area contributed by atoms with E-state index in [0.717, 1.165) is 58.3 Å². The Kier molecular flexibility index (Phi) is 5.81. The van der Waals surface area contributed by atoms with E-state index in [1.54, 1.807) is 13.3 Å². The van der Waals surface area contributed by atoms with Gasteiger partial charge in [-0.1, -0.05) is 24.3 Å². The van der Waals surface area contributed by atoms with Crippen molar-refractivity contribution in [3.63, 3.8) is 0 Å². The van der Waals surface area contributed by atoms with E-state index in [-0.39, 0.29) is 0 Å². The van der Waals surface area contributed by atoms with Crippen molar-refractivity contribution in [2.45, 2.75) is 6.54 Å². The minimum atomic E-state index is 0.593. The lowest BCUT2D eigenvalue weighted by atomic mass is 10.0. The fourth-order valence-electron chi connectivity index (χ4n) is 3.80. The number of pyridine rings is 1. The van der Waals surface area contributed by atoms with Gasteiger partial charge in [0.05, 0.1) is 38.1 Å². The van der Waals surface area contributed by atoms with Crippen molar-refractivity contribution in [1.29, 1.82) is 0 Å². The molecular weight excluding hydrogens is 402 g/mol. The van der Waals surface area contributed by atoms with Crippen molar-refractivity contribution in [2.75, 3.05) is 43.6 Å². The molecule has 2 aromatic carbocycles. The molecule has 0 aliphatic carbocycles. The smallest absolute Gasteiger partial charge is 0.228 e. The molecule has 1 fully saturated rings. The van der Waals surface area contributed by atoms with Crippen molar-refractivity contribution in [1.82, 2.24) is 15.0 Å². The van der Waals surface area contributed by atoms with Gasteiger partial charge in [0.25, 0.3) is 0 Å². The SMILES string of the molecule is COc1ccc(-c2ccc3c(NCc4ccccn4)nc(N4CCOCC4)nc3c2)cc1. The first kappa shape index (κ1) is 20.2. The van der Waals surface area contributed by atoms with Crippen LogP contribution in [0.1, 0.15) is 5.69 Å². The van der Waals surface area contributed by atoms with Crippen LogP contribution in [-0.4, -0.2) is 48.4 Å². The minimum absolute atomic E-state index is 0.593. The second-order valence-corrected chi connectivity index (χ2v) is 7.61. The van der Waals surface area contributed by atoms with Gasteiger partial charge >= 0.3 is 0 Å². The molecule has 1 saturated heterocycles. The maximum atomic E-state index is 5.51. The van der Waals surface area contributed by atoms with Crippen LogP contribution in [0.2, 0.25) is 0 Å². The Morgan fingerprint density at radius 2 is 1.78 bits per heavy atom. The van der Waals surface area contributed by atoms with Crippen molar-refractivity contribution >= 4 is 22.7 Å². The summed E-state index contributed by atoms with van der Waals surface area (Å²) in [5, 5.41) is 4.45. The highest BCUT2D eigenvalue weighted by Gasteiger charge is 2.17. The van der Waals surface area contributed by atoms with Crippen molar-refractivity contribution < 1.29 is 9.47 Å². The monoisotopic (exact) mass is 427 g/mol. The first-order valence-corrected chi connectivity index (χ1v) is 10.7. The summed E-state index contributed by atoms with van der Waals surface area (Å²) in [5.41, 5.74) is 4.07. The van der Waals surface area contributed by atoms with Crippen LogP contribution >= 0.6 is 0 Å². The first-order valence-electron chi connectivity index (χ1n) is 10.7. The fraction of sp³-hybridized carbons (Fsp3) is 0.240. The van der Waals surface area contributed by atoms with Crippen LogP contribution in [0.15, 0.2) is 66.9 Å². The summed E-state index contributed by atoms with van der Waals surface area (Å²) in [6.45, 7) is 3.52. The highest BCUT2D eigenvalue weighted by molar-refractivity contribution is 5.93. The minimum Gasteiger partial charge on any atom is -0.497 e. The Morgan fingerprint density at radius 3 is 2.53 bits per heavy atom. The summed E-state index contributed by atoms with van der Waals surface area (Å²) >= 11 is 0. The topological polar surface area (TPSA) is 72.4 Å². The van der Waals surface area contributed by atoms with Gasteiger partial charge in [-0.25, -0.2) is 4.98 Å². The second-order valence-electron chi connectivity index (χ2n) is 7.61. The van der Waals surface area contributed by atoms with E-state index < -0.39 is 0 Å². The molecule has 1 aliphatic rings. The van der Waals surface area contributed by atoms with Crippen molar-refractivity contribution in [3.05, 3.63) is 72.6 Å². The number of ether oxygens (including phenoxy) is 2. The Morgan fingerprint density at radius 1 is 0.969 bits per heavy atom. The number of hydrogen-bond donors (Lipinski definition) is 1. The Labute approximate surface area is 187 Å². The second kappa shape index (κ2) is 9.20. The molecule has 4 aromatic rings. The number of methoxy groups -OCH3 is 1. The molecule has 0 amide bonds. The van der Waals surface area contributed by atoms with E-state index in [0.29, 0.717) is 19.8 Å². The van der Waals surface area contributed by atoms with Crippen LogP contribution in [0.4, 0.5) is 11.8 Å². The van der Waals surface area contributed by atoms with Gasteiger partial charge in [0.1, 0.15) is 11.6 Å². The number of benzene rings is 2. The van der Waals surface area contributed by atoms with Gasteiger partial charge in [-0.15, -0.1) is 0 Å². The average Bonchev–Trinajstić information content (AvgIpc) is 2.88. The van der Waals surface area contributed by atoms with Gasteiger partial charge in [-0.05, 0) is 47.5 Å². The van der Waals surface area contributed by atoms with Gasteiger partial charge in [0, 0.05) is 24.7 Å². The van der Waals surface area contributed by atoms with Crippen LogP contribution < -0.4 is 15.0 Å². The van der Waals surface area contributed by atoms with E-state index in [4.69, 9.17) is 19.4 Å². The molecule has 7 nitrogen and oxygen atoms in total. The third kappa shape index (κ3) is 4.33. The quantitative estimate of drug-likeness (QED) is 0.496. The zero-order valence-electron chi connectivity index (χ0n) is 18.0. The fourth-order valence-corrected chi connectivity index (χ4v) is 3.80. The van der Waals surface area contributed by atoms with Crippen LogP contribution in [0.3, 0.4) is 0 Å². The molecule has 0 radical (unpaired) electrons. The molecule has 32 heavy (non-hydrogen) atoms. The Bertz CT molecular complexity index is 1190. The number of anilines is 2. The van der Waals surface area contributed by atoms with E-state index in [9.17, 15) is 0 Å². The lowest BCUT2D eigenvalue weighted by molar-refractivity contribution is 0.122. The lowest BCUT2D eigenvalue weighted by Crippen LogP contribution is -2.37. The average molecular weight is 428 g/mol. The number of fused-ring (bicyclic) bond motifs is 1. The van der Waals surface area contributed by atoms with Gasteiger partial charge in [0.2, 0.25) is 5.95 Å². The summed E-state index contributed by atoms with van der Waals surface area (Å²) in [6, 6.07) is 20.3. The molecule has 0 spiro atoms. The number of aromatic nitrogens is 3. The number of morpholine rings is 1. The summed E-state index contributed by atoms with van der Waals surface area (Å²) in [6.07, 6.45) is 1.80. The molecule has 7 heteroatoms. The third-order valence-electron chi connectivity index (χ3n) is 5.57. The highest BCUT2D eigenvalue weighted by Crippen LogP contribution is 2.30. The van der Waals surface area contributed by atoms with Crippen LogP contribution in [-0.2, 0) is 11.3 Å². The van der Waals surface area contributed by atoms with Gasteiger partial charge in [-0.3, -0.25) is 4.98 Å². The first-order chi connectivity index (χ1) is 15.8. The zero-order chi connectivity index (χ0) is 21.8. The summed E-state index contributed by atoms with van der Waals surface area (Å²) < 4.78 is 10.8. The number of nitrogens with zero attached hydrogens (tertiary/aromatic N) is 4. The molecule has 1 aliphatic heterocycles. The summed E-state index contributed by atoms with van der Waals surface area (Å²) in [4.78, 5) is 16.4. The van der Waals surface area contributed by atoms with Crippen molar-refractivity contribution in [2.24, 2.45) is 0 Å². The molecule has 2 aromatic heterocycles. The molecule has 0 atom stereocenters. The third-order valence-corrected chi connectivity index (χ3v) is 5.57. The van der Waals surface area contributed by atoms with E-state index >= 15 is 0 Å². The molecule has 5 rings (SSSR count). The van der Waals surface area contributed by atoms with Crippen LogP contribution in [0.25, 0.3) is 22.0 Å². The molecular formula is C25H25N5O2. The van der Waals surface area contributed by atoms with Gasteiger partial charge in [-0.2, -0.15) is 4.98 Å². The van der Waals surface area contributed by atoms with Crippen LogP contribution in [0, 0.1) is 0 Å². The predicted octanol–water partition coefficient (Wildman–Crippen LogP) is 4.15. The van der Waals surface area contributed by atoms with Crippen LogP contribution in [0.5, 0.6) is 5.75 Å². The standard InChI is InChI=1S/C25H25N5O2/c1-31-21-8-5-18(6-9-21)19-7-10-22-23(16-19)28-25(30-12-14-32-15-13-30)29-24(22)27-17-20-4-2-3-11-26-20/h2-11,16H,12-15,17H2,1H3,(H,27,28,29). The number of hydrogen-bond acceptors (Lipinski definition) is 7. The largest absolute Gasteiger partial charge is 0.497 e. The molecule has 0 saturated carbocycles.